The maximum absolute atomic E-state index is 12.2. The summed E-state index contributed by atoms with van der Waals surface area (Å²) in [7, 11) is 1.36. The fourth-order valence-corrected chi connectivity index (χ4v) is 3.49. The minimum absolute atomic E-state index is 0.295. The summed E-state index contributed by atoms with van der Waals surface area (Å²) >= 11 is 0. The molecule has 1 aromatic carbocycles. The quantitative estimate of drug-likeness (QED) is 0.500. The monoisotopic (exact) mass is 350 g/mol. The van der Waals surface area contributed by atoms with E-state index in [0.717, 1.165) is 28.8 Å². The second-order valence-corrected chi connectivity index (χ2v) is 6.39. The lowest BCUT2D eigenvalue weighted by Gasteiger charge is -2.15. The largest absolute Gasteiger partial charge is 0.469 e. The molecule has 0 saturated heterocycles. The fourth-order valence-electron chi connectivity index (χ4n) is 3.49. The summed E-state index contributed by atoms with van der Waals surface area (Å²) in [5, 5.41) is 0. The SMILES string of the molecule is COC(=O)C(CCC=O)c1cnc2c(-c3c(C)cccc3C)cccn12. The molecule has 1 unspecified atom stereocenters. The average molecular weight is 350 g/mol. The average Bonchev–Trinajstić information content (AvgIpc) is 3.06. The van der Waals surface area contributed by atoms with Gasteiger partial charge in [0.05, 0.1) is 24.9 Å². The zero-order chi connectivity index (χ0) is 18.7. The highest BCUT2D eigenvalue weighted by Crippen LogP contribution is 2.32. The Morgan fingerprint density at radius 2 is 1.96 bits per heavy atom. The van der Waals surface area contributed by atoms with E-state index in [2.05, 4.69) is 31.0 Å². The van der Waals surface area contributed by atoms with Crippen molar-refractivity contribution < 1.29 is 14.3 Å². The molecule has 0 saturated carbocycles. The predicted molar refractivity (Wildman–Crippen MR) is 100 cm³/mol. The zero-order valence-electron chi connectivity index (χ0n) is 15.2. The van der Waals surface area contributed by atoms with Crippen LogP contribution in [0.25, 0.3) is 16.8 Å². The Labute approximate surface area is 152 Å². The third-order valence-electron chi connectivity index (χ3n) is 4.73. The van der Waals surface area contributed by atoms with Crippen LogP contribution in [0.15, 0.2) is 42.7 Å². The smallest absolute Gasteiger partial charge is 0.314 e. The van der Waals surface area contributed by atoms with Crippen molar-refractivity contribution in [2.45, 2.75) is 32.6 Å². The molecule has 5 nitrogen and oxygen atoms in total. The highest BCUT2D eigenvalue weighted by molar-refractivity contribution is 5.83. The van der Waals surface area contributed by atoms with E-state index < -0.39 is 5.92 Å². The Balaban J connectivity index is 2.17. The van der Waals surface area contributed by atoms with Crippen LogP contribution < -0.4 is 0 Å². The molecular formula is C21H22N2O3. The molecule has 0 spiro atoms. The van der Waals surface area contributed by atoms with Gasteiger partial charge in [0.25, 0.3) is 0 Å². The molecule has 134 valence electrons. The van der Waals surface area contributed by atoms with Crippen LogP contribution in [0.5, 0.6) is 0 Å². The first-order chi connectivity index (χ1) is 12.6. The number of aryl methyl sites for hydroxylation is 2. The van der Waals surface area contributed by atoms with Crippen LogP contribution in [0.4, 0.5) is 0 Å². The summed E-state index contributed by atoms with van der Waals surface area (Å²) < 4.78 is 6.86. The minimum Gasteiger partial charge on any atom is -0.469 e. The first-order valence-electron chi connectivity index (χ1n) is 8.62. The van der Waals surface area contributed by atoms with Gasteiger partial charge in [-0.2, -0.15) is 0 Å². The molecule has 0 N–H and O–H groups in total. The molecule has 3 aromatic rings. The number of imidazole rings is 1. The maximum atomic E-state index is 12.2. The number of methoxy groups -OCH3 is 1. The number of rotatable bonds is 6. The number of aromatic nitrogens is 2. The Morgan fingerprint density at radius 3 is 2.62 bits per heavy atom. The number of hydrogen-bond donors (Lipinski definition) is 0. The topological polar surface area (TPSA) is 60.7 Å². The Morgan fingerprint density at radius 1 is 1.23 bits per heavy atom. The summed E-state index contributed by atoms with van der Waals surface area (Å²) in [6.07, 6.45) is 5.12. The number of esters is 1. The van der Waals surface area contributed by atoms with Gasteiger partial charge in [-0.05, 0) is 49.1 Å². The van der Waals surface area contributed by atoms with Gasteiger partial charge < -0.3 is 13.9 Å². The zero-order valence-corrected chi connectivity index (χ0v) is 15.2. The molecule has 0 bridgehead atoms. The van der Waals surface area contributed by atoms with Crippen LogP contribution in [-0.4, -0.2) is 28.7 Å². The van der Waals surface area contributed by atoms with Crippen molar-refractivity contribution in [1.82, 2.24) is 9.38 Å². The second-order valence-electron chi connectivity index (χ2n) is 6.39. The molecule has 5 heteroatoms. The van der Waals surface area contributed by atoms with Gasteiger partial charge >= 0.3 is 5.97 Å². The maximum Gasteiger partial charge on any atom is 0.314 e. The van der Waals surface area contributed by atoms with Crippen LogP contribution >= 0.6 is 0 Å². The van der Waals surface area contributed by atoms with E-state index >= 15 is 0 Å². The van der Waals surface area contributed by atoms with Crippen molar-refractivity contribution >= 4 is 17.9 Å². The molecule has 2 heterocycles. The van der Waals surface area contributed by atoms with E-state index in [1.165, 1.54) is 18.2 Å². The molecule has 26 heavy (non-hydrogen) atoms. The van der Waals surface area contributed by atoms with E-state index in [1.807, 2.05) is 28.8 Å². The lowest BCUT2D eigenvalue weighted by atomic mass is 9.96. The Bertz CT molecular complexity index is 939. The number of fused-ring (bicyclic) bond motifs is 1. The van der Waals surface area contributed by atoms with Gasteiger partial charge in [-0.25, -0.2) is 4.98 Å². The number of pyridine rings is 1. The normalized spacial score (nSPS) is 12.1. The van der Waals surface area contributed by atoms with Crippen molar-refractivity contribution in [3.8, 4) is 11.1 Å². The van der Waals surface area contributed by atoms with Gasteiger partial charge in [-0.1, -0.05) is 18.2 Å². The highest BCUT2D eigenvalue weighted by Gasteiger charge is 2.25. The standard InChI is InChI=1S/C21H22N2O3/c1-14-7-4-8-15(2)19(14)17-9-5-11-23-18(13-22-20(17)23)16(10-6-12-24)21(25)26-3/h4-5,7-9,11-13,16H,6,10H2,1-3H3. The molecule has 0 aliphatic rings. The van der Waals surface area contributed by atoms with Crippen LogP contribution in [0, 0.1) is 13.8 Å². The lowest BCUT2D eigenvalue weighted by molar-refractivity contribution is -0.142. The second kappa shape index (κ2) is 7.52. The molecular weight excluding hydrogens is 328 g/mol. The van der Waals surface area contributed by atoms with Crippen molar-refractivity contribution in [3.05, 3.63) is 59.5 Å². The third-order valence-corrected chi connectivity index (χ3v) is 4.73. The van der Waals surface area contributed by atoms with E-state index in [1.54, 1.807) is 6.20 Å². The van der Waals surface area contributed by atoms with Gasteiger partial charge in [0, 0.05) is 18.2 Å². The predicted octanol–water partition coefficient (Wildman–Crippen LogP) is 3.85. The number of carbonyl (C=O) groups is 2. The van der Waals surface area contributed by atoms with Gasteiger partial charge in [-0.15, -0.1) is 0 Å². The molecule has 0 radical (unpaired) electrons. The van der Waals surface area contributed by atoms with Crippen molar-refractivity contribution in [2.75, 3.05) is 7.11 Å². The van der Waals surface area contributed by atoms with Gasteiger partial charge in [-0.3, -0.25) is 4.79 Å². The van der Waals surface area contributed by atoms with Crippen LogP contribution in [0.1, 0.15) is 35.6 Å². The summed E-state index contributed by atoms with van der Waals surface area (Å²) in [4.78, 5) is 27.6. The molecule has 2 aromatic heterocycles. The molecule has 0 aliphatic carbocycles. The Hall–Kier alpha value is -2.95. The summed E-state index contributed by atoms with van der Waals surface area (Å²) in [5.74, 6) is -0.875. The number of benzene rings is 1. The minimum atomic E-state index is -0.520. The molecule has 0 fully saturated rings. The van der Waals surface area contributed by atoms with Gasteiger partial charge in [0.15, 0.2) is 0 Å². The number of aldehydes is 1. The molecule has 1 atom stereocenters. The number of nitrogens with zero attached hydrogens (tertiary/aromatic N) is 2. The van der Waals surface area contributed by atoms with Crippen LogP contribution in [-0.2, 0) is 14.3 Å². The van der Waals surface area contributed by atoms with Gasteiger partial charge in [0.2, 0.25) is 0 Å². The van der Waals surface area contributed by atoms with Crippen LogP contribution in [0.2, 0.25) is 0 Å². The van der Waals surface area contributed by atoms with Crippen molar-refractivity contribution in [2.24, 2.45) is 0 Å². The summed E-state index contributed by atoms with van der Waals surface area (Å²) in [6.45, 7) is 4.16. The number of ether oxygens (including phenoxy) is 1. The molecule has 0 aliphatic heterocycles. The van der Waals surface area contributed by atoms with Crippen molar-refractivity contribution in [3.63, 3.8) is 0 Å². The van der Waals surface area contributed by atoms with Crippen molar-refractivity contribution in [1.29, 1.82) is 0 Å². The van der Waals surface area contributed by atoms with E-state index in [0.29, 0.717) is 12.8 Å². The van der Waals surface area contributed by atoms with E-state index in [4.69, 9.17) is 4.74 Å². The number of hydrogen-bond acceptors (Lipinski definition) is 4. The lowest BCUT2D eigenvalue weighted by Crippen LogP contribution is -2.16. The molecule has 3 rings (SSSR count). The third kappa shape index (κ3) is 3.12. The fraction of sp³-hybridized carbons (Fsp3) is 0.286. The van der Waals surface area contributed by atoms with E-state index in [-0.39, 0.29) is 5.97 Å². The first-order valence-corrected chi connectivity index (χ1v) is 8.62. The van der Waals surface area contributed by atoms with E-state index in [9.17, 15) is 9.59 Å². The number of carbonyl (C=O) groups excluding carboxylic acids is 2. The molecule has 0 amide bonds. The van der Waals surface area contributed by atoms with Gasteiger partial charge in [0.1, 0.15) is 11.9 Å². The van der Waals surface area contributed by atoms with Crippen LogP contribution in [0.3, 0.4) is 0 Å². The first kappa shape index (κ1) is 17.9. The Kier molecular flexibility index (Phi) is 5.16. The highest BCUT2D eigenvalue weighted by atomic mass is 16.5. The summed E-state index contributed by atoms with van der Waals surface area (Å²) in [5.41, 5.74) is 6.05. The summed E-state index contributed by atoms with van der Waals surface area (Å²) in [6, 6.07) is 10.2.